The number of nitrogens with one attached hydrogen (secondary N) is 1. The molecule has 0 heterocycles. The van der Waals surface area contributed by atoms with Gasteiger partial charge in [0.1, 0.15) is 0 Å². The van der Waals surface area contributed by atoms with E-state index in [0.717, 1.165) is 19.1 Å². The van der Waals surface area contributed by atoms with E-state index in [4.69, 9.17) is 9.47 Å². The van der Waals surface area contributed by atoms with Gasteiger partial charge in [0.15, 0.2) is 0 Å². The normalized spacial score (nSPS) is 28.6. The van der Waals surface area contributed by atoms with Gasteiger partial charge < -0.3 is 14.8 Å². The summed E-state index contributed by atoms with van der Waals surface area (Å²) in [4.78, 5) is 0. The molecule has 0 aromatic heterocycles. The fourth-order valence-electron chi connectivity index (χ4n) is 3.40. The van der Waals surface area contributed by atoms with Gasteiger partial charge in [-0.15, -0.1) is 0 Å². The van der Waals surface area contributed by atoms with Gasteiger partial charge in [-0.1, -0.05) is 34.1 Å². The average molecular weight is 299 g/mol. The van der Waals surface area contributed by atoms with Crippen LogP contribution in [0.3, 0.4) is 0 Å². The third-order valence-corrected chi connectivity index (χ3v) is 5.24. The lowest BCUT2D eigenvalue weighted by Crippen LogP contribution is -2.49. The predicted octanol–water partition coefficient (Wildman–Crippen LogP) is 4.01. The van der Waals surface area contributed by atoms with Crippen LogP contribution < -0.4 is 5.32 Å². The molecule has 4 unspecified atom stereocenters. The SMILES string of the molecule is CCNC1CCC(C(C)(C)CC)CC1OC(C)COCC. The highest BCUT2D eigenvalue weighted by Gasteiger charge is 2.38. The van der Waals surface area contributed by atoms with Gasteiger partial charge in [-0.2, -0.15) is 0 Å². The smallest absolute Gasteiger partial charge is 0.0785 e. The molecule has 1 rings (SSSR count). The zero-order valence-electron chi connectivity index (χ0n) is 15.1. The molecule has 126 valence electrons. The predicted molar refractivity (Wildman–Crippen MR) is 89.7 cm³/mol. The van der Waals surface area contributed by atoms with Crippen LogP contribution in [0, 0.1) is 11.3 Å². The van der Waals surface area contributed by atoms with Crippen LogP contribution in [0.5, 0.6) is 0 Å². The number of ether oxygens (including phenoxy) is 2. The Bertz CT molecular complexity index is 280. The number of hydrogen-bond donors (Lipinski definition) is 1. The van der Waals surface area contributed by atoms with Crippen LogP contribution in [0.25, 0.3) is 0 Å². The van der Waals surface area contributed by atoms with Crippen molar-refractivity contribution in [3.8, 4) is 0 Å². The Morgan fingerprint density at radius 1 is 1.19 bits per heavy atom. The Kier molecular flexibility index (Phi) is 8.22. The minimum Gasteiger partial charge on any atom is -0.379 e. The molecule has 4 atom stereocenters. The monoisotopic (exact) mass is 299 g/mol. The summed E-state index contributed by atoms with van der Waals surface area (Å²) in [7, 11) is 0. The largest absolute Gasteiger partial charge is 0.379 e. The van der Waals surface area contributed by atoms with Crippen LogP contribution in [0.4, 0.5) is 0 Å². The van der Waals surface area contributed by atoms with Crippen LogP contribution in [-0.4, -0.2) is 38.0 Å². The van der Waals surface area contributed by atoms with Crippen molar-refractivity contribution < 1.29 is 9.47 Å². The van der Waals surface area contributed by atoms with Gasteiger partial charge in [-0.05, 0) is 51.0 Å². The molecule has 3 heteroatoms. The number of likely N-dealkylation sites (N-methyl/N-ethyl adjacent to an activating group) is 1. The van der Waals surface area contributed by atoms with Crippen molar-refractivity contribution in [2.45, 2.75) is 85.5 Å². The lowest BCUT2D eigenvalue weighted by Gasteiger charge is -2.43. The first-order valence-electron chi connectivity index (χ1n) is 8.91. The van der Waals surface area contributed by atoms with Crippen molar-refractivity contribution in [2.75, 3.05) is 19.8 Å². The van der Waals surface area contributed by atoms with Gasteiger partial charge in [0.25, 0.3) is 0 Å². The molecule has 1 N–H and O–H groups in total. The first kappa shape index (κ1) is 18.9. The summed E-state index contributed by atoms with van der Waals surface area (Å²) in [6.07, 6.45) is 5.47. The summed E-state index contributed by atoms with van der Waals surface area (Å²) in [5.74, 6) is 0.765. The minimum absolute atomic E-state index is 0.180. The Hall–Kier alpha value is -0.120. The molecule has 21 heavy (non-hydrogen) atoms. The summed E-state index contributed by atoms with van der Waals surface area (Å²) in [5, 5.41) is 3.62. The Morgan fingerprint density at radius 2 is 1.90 bits per heavy atom. The Morgan fingerprint density at radius 3 is 2.48 bits per heavy atom. The average Bonchev–Trinajstić information content (AvgIpc) is 2.47. The molecular formula is C18H37NO2. The molecule has 1 aliphatic carbocycles. The van der Waals surface area contributed by atoms with Crippen molar-refractivity contribution >= 4 is 0 Å². The molecular weight excluding hydrogens is 262 g/mol. The van der Waals surface area contributed by atoms with Gasteiger partial charge in [-0.25, -0.2) is 0 Å². The quantitative estimate of drug-likeness (QED) is 0.698. The first-order chi connectivity index (χ1) is 9.94. The Balaban J connectivity index is 2.63. The van der Waals surface area contributed by atoms with Gasteiger partial charge in [0.2, 0.25) is 0 Å². The van der Waals surface area contributed by atoms with Crippen LogP contribution in [0.2, 0.25) is 0 Å². The van der Waals surface area contributed by atoms with E-state index >= 15 is 0 Å². The maximum absolute atomic E-state index is 6.34. The minimum atomic E-state index is 0.180. The number of hydrogen-bond acceptors (Lipinski definition) is 3. The summed E-state index contributed by atoms with van der Waals surface area (Å²) < 4.78 is 11.8. The standard InChI is InChI=1S/C18H37NO2/c1-7-18(5,6)15-10-11-16(19-8-2)17(12-15)21-14(4)13-20-9-3/h14-17,19H,7-13H2,1-6H3. The maximum atomic E-state index is 6.34. The van der Waals surface area contributed by atoms with E-state index in [-0.39, 0.29) is 6.10 Å². The molecule has 0 amide bonds. The van der Waals surface area contributed by atoms with Crippen molar-refractivity contribution in [3.05, 3.63) is 0 Å². The molecule has 0 saturated heterocycles. The van der Waals surface area contributed by atoms with E-state index in [9.17, 15) is 0 Å². The second-order valence-electron chi connectivity index (χ2n) is 7.16. The zero-order chi connectivity index (χ0) is 15.9. The van der Waals surface area contributed by atoms with Gasteiger partial charge in [0, 0.05) is 12.6 Å². The summed E-state index contributed by atoms with van der Waals surface area (Å²) >= 11 is 0. The molecule has 0 spiro atoms. The molecule has 0 aromatic rings. The highest BCUT2D eigenvalue weighted by Crippen LogP contribution is 2.41. The molecule has 0 aliphatic heterocycles. The zero-order valence-corrected chi connectivity index (χ0v) is 15.1. The van der Waals surface area contributed by atoms with Crippen molar-refractivity contribution in [3.63, 3.8) is 0 Å². The van der Waals surface area contributed by atoms with E-state index in [1.807, 2.05) is 6.92 Å². The van der Waals surface area contributed by atoms with Crippen LogP contribution in [0.1, 0.15) is 67.2 Å². The van der Waals surface area contributed by atoms with E-state index < -0.39 is 0 Å². The molecule has 1 fully saturated rings. The molecule has 1 saturated carbocycles. The fraction of sp³-hybridized carbons (Fsp3) is 1.00. The van der Waals surface area contributed by atoms with Crippen molar-refractivity contribution in [1.29, 1.82) is 0 Å². The topological polar surface area (TPSA) is 30.5 Å². The lowest BCUT2D eigenvalue weighted by atomic mass is 9.68. The van der Waals surface area contributed by atoms with Gasteiger partial charge in [-0.3, -0.25) is 0 Å². The highest BCUT2D eigenvalue weighted by atomic mass is 16.5. The van der Waals surface area contributed by atoms with Crippen molar-refractivity contribution in [1.82, 2.24) is 5.32 Å². The number of rotatable bonds is 9. The lowest BCUT2D eigenvalue weighted by molar-refractivity contribution is -0.0882. The van der Waals surface area contributed by atoms with Crippen molar-refractivity contribution in [2.24, 2.45) is 11.3 Å². The van der Waals surface area contributed by atoms with E-state index in [1.54, 1.807) is 0 Å². The summed E-state index contributed by atoms with van der Waals surface area (Å²) in [6.45, 7) is 16.0. The highest BCUT2D eigenvalue weighted by molar-refractivity contribution is 4.91. The fourth-order valence-corrected chi connectivity index (χ4v) is 3.40. The van der Waals surface area contributed by atoms with E-state index in [2.05, 4.69) is 39.9 Å². The third kappa shape index (κ3) is 5.88. The molecule has 0 radical (unpaired) electrons. The second kappa shape index (κ2) is 9.12. The van der Waals surface area contributed by atoms with Gasteiger partial charge >= 0.3 is 0 Å². The molecule has 1 aliphatic rings. The summed E-state index contributed by atoms with van der Waals surface area (Å²) in [5.41, 5.74) is 0.419. The van der Waals surface area contributed by atoms with Crippen LogP contribution in [-0.2, 0) is 9.47 Å². The third-order valence-electron chi connectivity index (χ3n) is 5.24. The van der Waals surface area contributed by atoms with Crippen LogP contribution >= 0.6 is 0 Å². The maximum Gasteiger partial charge on any atom is 0.0785 e. The molecule has 3 nitrogen and oxygen atoms in total. The van der Waals surface area contributed by atoms with E-state index in [0.29, 0.717) is 24.2 Å². The molecule has 0 bridgehead atoms. The van der Waals surface area contributed by atoms with E-state index in [1.165, 1.54) is 25.7 Å². The second-order valence-corrected chi connectivity index (χ2v) is 7.16. The molecule has 0 aromatic carbocycles. The Labute approximate surface area is 132 Å². The van der Waals surface area contributed by atoms with Gasteiger partial charge in [0.05, 0.1) is 18.8 Å². The van der Waals surface area contributed by atoms with Crippen LogP contribution in [0.15, 0.2) is 0 Å². The first-order valence-corrected chi connectivity index (χ1v) is 8.91. The summed E-state index contributed by atoms with van der Waals surface area (Å²) in [6, 6.07) is 0.503.